The first-order valence-corrected chi connectivity index (χ1v) is 12.9. The summed E-state index contributed by atoms with van der Waals surface area (Å²) >= 11 is 0. The first-order chi connectivity index (χ1) is 18.3. The maximum atomic E-state index is 6.50. The van der Waals surface area contributed by atoms with Gasteiger partial charge in [0, 0.05) is 5.56 Å². The van der Waals surface area contributed by atoms with Crippen LogP contribution in [0.4, 0.5) is 0 Å². The second-order valence-corrected chi connectivity index (χ2v) is 10.1. The summed E-state index contributed by atoms with van der Waals surface area (Å²) in [6, 6.07) is 44.1. The van der Waals surface area contributed by atoms with Gasteiger partial charge in [0.05, 0.1) is 5.41 Å². The fourth-order valence-corrected chi connectivity index (χ4v) is 6.62. The third-order valence-corrected chi connectivity index (χ3v) is 8.20. The molecule has 5 aromatic carbocycles. The first kappa shape index (κ1) is 20.6. The average molecular weight is 473 g/mol. The highest BCUT2D eigenvalue weighted by molar-refractivity contribution is 5.91. The lowest BCUT2D eigenvalue weighted by atomic mass is 9.65. The molecule has 1 heteroatoms. The lowest BCUT2D eigenvalue weighted by molar-refractivity contribution is 0.401. The largest absolute Gasteiger partial charge is 0.457 e. The Labute approximate surface area is 217 Å². The van der Waals surface area contributed by atoms with E-state index >= 15 is 0 Å². The highest BCUT2D eigenvalue weighted by Crippen LogP contribution is 2.62. The van der Waals surface area contributed by atoms with E-state index in [9.17, 15) is 0 Å². The predicted molar refractivity (Wildman–Crippen MR) is 150 cm³/mol. The van der Waals surface area contributed by atoms with Gasteiger partial charge in [0.1, 0.15) is 11.5 Å². The first-order valence-electron chi connectivity index (χ1n) is 12.9. The molecule has 8 rings (SSSR count). The van der Waals surface area contributed by atoms with Crippen molar-refractivity contribution in [2.75, 3.05) is 0 Å². The highest BCUT2D eigenvalue weighted by atomic mass is 16.5. The van der Waals surface area contributed by atoms with Gasteiger partial charge in [-0.15, -0.1) is 0 Å². The molecule has 174 valence electrons. The molecule has 37 heavy (non-hydrogen) atoms. The van der Waals surface area contributed by atoms with E-state index in [4.69, 9.17) is 4.74 Å². The van der Waals surface area contributed by atoms with Crippen molar-refractivity contribution in [3.8, 4) is 39.1 Å². The molecule has 5 aromatic rings. The molecule has 0 saturated heterocycles. The number of rotatable bonds is 2. The maximum absolute atomic E-state index is 6.50. The van der Waals surface area contributed by atoms with E-state index in [2.05, 4.69) is 133 Å². The Morgan fingerprint density at radius 1 is 0.514 bits per heavy atom. The summed E-state index contributed by atoms with van der Waals surface area (Å²) in [6.45, 7) is 0. The van der Waals surface area contributed by atoms with Crippen molar-refractivity contribution in [3.05, 3.63) is 162 Å². The van der Waals surface area contributed by atoms with E-state index in [0.717, 1.165) is 17.9 Å². The molecule has 0 unspecified atom stereocenters. The molecule has 3 aliphatic rings. The number of allylic oxidation sites excluding steroid dienone is 3. The minimum atomic E-state index is -0.395. The normalized spacial score (nSPS) is 15.7. The number of benzene rings is 5. The zero-order valence-corrected chi connectivity index (χ0v) is 20.3. The summed E-state index contributed by atoms with van der Waals surface area (Å²) < 4.78 is 6.50. The van der Waals surface area contributed by atoms with E-state index in [1.165, 1.54) is 55.6 Å². The summed E-state index contributed by atoms with van der Waals surface area (Å²) in [4.78, 5) is 0. The summed E-state index contributed by atoms with van der Waals surface area (Å²) in [7, 11) is 0. The Morgan fingerprint density at radius 2 is 1.08 bits per heavy atom. The average Bonchev–Trinajstić information content (AvgIpc) is 3.55. The van der Waals surface area contributed by atoms with E-state index in [1.807, 2.05) is 0 Å². The van der Waals surface area contributed by atoms with Crippen LogP contribution in [0.3, 0.4) is 0 Å². The van der Waals surface area contributed by atoms with Crippen molar-refractivity contribution in [2.45, 2.75) is 11.8 Å². The van der Waals surface area contributed by atoms with Crippen LogP contribution in [0.1, 0.15) is 23.1 Å². The summed E-state index contributed by atoms with van der Waals surface area (Å²) in [5.74, 6) is 1.94. The molecule has 0 radical (unpaired) electrons. The number of hydrogen-bond donors (Lipinski definition) is 0. The van der Waals surface area contributed by atoms with Crippen molar-refractivity contribution in [1.82, 2.24) is 0 Å². The van der Waals surface area contributed by atoms with Crippen molar-refractivity contribution in [1.29, 1.82) is 0 Å². The van der Waals surface area contributed by atoms with Crippen LogP contribution in [-0.2, 0) is 5.41 Å². The van der Waals surface area contributed by atoms with Gasteiger partial charge in [-0.2, -0.15) is 0 Å². The van der Waals surface area contributed by atoms with Crippen LogP contribution in [0.25, 0.3) is 33.4 Å². The standard InChI is InChI=1S/C36H24O/c1-3-10-24(11-4-1)26-18-20-28-29-21-19-27(25-12-5-2-6-13-25)23-33(29)36(32(28)22-26)30-14-7-8-16-34(30)37-35-17-9-15-31(35)36/h1-14,16-23H,15H2. The number of fused-ring (bicyclic) bond motifs is 8. The van der Waals surface area contributed by atoms with Crippen LogP contribution in [0, 0.1) is 0 Å². The number of hydrogen-bond acceptors (Lipinski definition) is 1. The fraction of sp³-hybridized carbons (Fsp3) is 0.0556. The quantitative estimate of drug-likeness (QED) is 0.249. The smallest absolute Gasteiger partial charge is 0.132 e. The molecule has 0 amide bonds. The number of para-hydroxylation sites is 1. The highest BCUT2D eigenvalue weighted by Gasteiger charge is 2.52. The minimum Gasteiger partial charge on any atom is -0.457 e. The molecule has 0 atom stereocenters. The number of ether oxygens (including phenoxy) is 1. The van der Waals surface area contributed by atoms with Crippen molar-refractivity contribution in [3.63, 3.8) is 0 Å². The monoisotopic (exact) mass is 472 g/mol. The van der Waals surface area contributed by atoms with E-state index in [1.54, 1.807) is 0 Å². The van der Waals surface area contributed by atoms with Crippen LogP contribution >= 0.6 is 0 Å². The molecule has 0 bridgehead atoms. The van der Waals surface area contributed by atoms with Gasteiger partial charge in [-0.25, -0.2) is 0 Å². The van der Waals surface area contributed by atoms with Crippen molar-refractivity contribution in [2.24, 2.45) is 0 Å². The Morgan fingerprint density at radius 3 is 1.70 bits per heavy atom. The second kappa shape index (κ2) is 7.69. The molecule has 0 N–H and O–H groups in total. The zero-order chi connectivity index (χ0) is 24.4. The van der Waals surface area contributed by atoms with Gasteiger partial charge in [0.15, 0.2) is 0 Å². The lowest BCUT2D eigenvalue weighted by Crippen LogP contribution is -2.33. The van der Waals surface area contributed by atoms with Crippen LogP contribution in [-0.4, -0.2) is 0 Å². The SMILES string of the molecule is C1=CC2=C(C1)C1(c3ccccc3O2)c2cc(-c3ccccc3)ccc2-c2ccc(-c3ccccc3)cc21. The van der Waals surface area contributed by atoms with Gasteiger partial charge in [0.2, 0.25) is 0 Å². The second-order valence-electron chi connectivity index (χ2n) is 10.1. The lowest BCUT2D eigenvalue weighted by Gasteiger charge is -2.39. The molecule has 1 heterocycles. The van der Waals surface area contributed by atoms with Gasteiger partial charge >= 0.3 is 0 Å². The molecule has 1 spiro atoms. The molecule has 1 nitrogen and oxygen atoms in total. The van der Waals surface area contributed by atoms with Gasteiger partial charge in [-0.05, 0) is 80.8 Å². The van der Waals surface area contributed by atoms with Gasteiger partial charge < -0.3 is 4.74 Å². The van der Waals surface area contributed by atoms with Crippen molar-refractivity contribution < 1.29 is 4.74 Å². The molecule has 0 fully saturated rings. The van der Waals surface area contributed by atoms with Gasteiger partial charge in [-0.1, -0.05) is 109 Å². The van der Waals surface area contributed by atoms with Crippen LogP contribution in [0.2, 0.25) is 0 Å². The topological polar surface area (TPSA) is 9.23 Å². The summed E-state index contributed by atoms with van der Waals surface area (Å²) in [6.07, 6.45) is 5.29. The Balaban J connectivity index is 1.48. The van der Waals surface area contributed by atoms with Crippen LogP contribution in [0.5, 0.6) is 5.75 Å². The predicted octanol–water partition coefficient (Wildman–Crippen LogP) is 8.94. The maximum Gasteiger partial charge on any atom is 0.132 e. The molecule has 0 aromatic heterocycles. The Bertz CT molecular complexity index is 1670. The fourth-order valence-electron chi connectivity index (χ4n) is 6.62. The van der Waals surface area contributed by atoms with Crippen molar-refractivity contribution >= 4 is 0 Å². The zero-order valence-electron chi connectivity index (χ0n) is 20.3. The molecule has 2 aliphatic carbocycles. The third kappa shape index (κ3) is 2.80. The molecule has 0 saturated carbocycles. The van der Waals surface area contributed by atoms with Gasteiger partial charge in [-0.3, -0.25) is 0 Å². The molecular formula is C36H24O. The van der Waals surface area contributed by atoms with Gasteiger partial charge in [0.25, 0.3) is 0 Å². The van der Waals surface area contributed by atoms with E-state index in [-0.39, 0.29) is 0 Å². The third-order valence-electron chi connectivity index (χ3n) is 8.20. The summed E-state index contributed by atoms with van der Waals surface area (Å²) in [5, 5.41) is 0. The molecular weight excluding hydrogens is 448 g/mol. The Kier molecular flexibility index (Phi) is 4.27. The van der Waals surface area contributed by atoms with E-state index in [0.29, 0.717) is 0 Å². The molecule has 1 aliphatic heterocycles. The minimum absolute atomic E-state index is 0.395. The van der Waals surface area contributed by atoms with Crippen LogP contribution in [0.15, 0.2) is 145 Å². The van der Waals surface area contributed by atoms with E-state index < -0.39 is 5.41 Å². The summed E-state index contributed by atoms with van der Waals surface area (Å²) in [5.41, 5.74) is 12.4. The Hall–Kier alpha value is -4.62. The van der Waals surface area contributed by atoms with Crippen LogP contribution < -0.4 is 4.74 Å².